The fraction of sp³-hybridized carbons (Fsp3) is 0.429. The van der Waals surface area contributed by atoms with E-state index in [1.165, 1.54) is 0 Å². The molecule has 3 N–H and O–H groups in total. The van der Waals surface area contributed by atoms with Gasteiger partial charge in [0.1, 0.15) is 5.76 Å². The van der Waals surface area contributed by atoms with Gasteiger partial charge >= 0.3 is 0 Å². The highest BCUT2D eigenvalue weighted by atomic mass is 16.3. The zero-order valence-electron chi connectivity index (χ0n) is 5.46. The largest absolute Gasteiger partial charge is 0.511 e. The molecule has 0 aromatic carbocycles. The average Bonchev–Trinajstić information content (AvgIpc) is 1.80. The molecule has 0 bridgehead atoms. The summed E-state index contributed by atoms with van der Waals surface area (Å²) in [4.78, 5) is 0. The summed E-state index contributed by atoms with van der Waals surface area (Å²) in [5, 5.41) is 9.04. The second-order valence-corrected chi connectivity index (χ2v) is 2.36. The lowest BCUT2D eigenvalue weighted by Gasteiger charge is -2.12. The van der Waals surface area contributed by atoms with Gasteiger partial charge in [0.05, 0.1) is 6.04 Å². The number of hydrogen-bond donors (Lipinski definition) is 2. The fourth-order valence-electron chi connectivity index (χ4n) is 0.833. The Balaban J connectivity index is 2.74. The van der Waals surface area contributed by atoms with Gasteiger partial charge in [-0.1, -0.05) is 11.6 Å². The van der Waals surface area contributed by atoms with E-state index in [4.69, 9.17) is 10.8 Å². The van der Waals surface area contributed by atoms with Gasteiger partial charge in [-0.2, -0.15) is 0 Å². The maximum Gasteiger partial charge on any atom is 0.109 e. The lowest BCUT2D eigenvalue weighted by molar-refractivity contribution is 0.364. The highest BCUT2D eigenvalue weighted by molar-refractivity contribution is 5.25. The molecule has 0 aliphatic heterocycles. The molecule has 2 nitrogen and oxygen atoms in total. The van der Waals surface area contributed by atoms with E-state index >= 15 is 0 Å². The third-order valence-corrected chi connectivity index (χ3v) is 1.45. The zero-order chi connectivity index (χ0) is 6.85. The van der Waals surface area contributed by atoms with Crippen LogP contribution in [0.2, 0.25) is 0 Å². The first-order chi connectivity index (χ1) is 4.20. The minimum atomic E-state index is -0.173. The van der Waals surface area contributed by atoms with Crippen molar-refractivity contribution in [3.8, 4) is 0 Å². The zero-order valence-corrected chi connectivity index (χ0v) is 5.46. The van der Waals surface area contributed by atoms with E-state index in [0.29, 0.717) is 5.76 Å². The first kappa shape index (κ1) is 6.36. The van der Waals surface area contributed by atoms with E-state index < -0.39 is 0 Å². The topological polar surface area (TPSA) is 46.2 Å². The SMILES string of the molecule is CC1=CCC(N)C(O)=C1. The van der Waals surface area contributed by atoms with Crippen LogP contribution in [0.3, 0.4) is 0 Å². The van der Waals surface area contributed by atoms with Crippen molar-refractivity contribution in [3.63, 3.8) is 0 Å². The summed E-state index contributed by atoms with van der Waals surface area (Å²) in [5.74, 6) is 0.301. The first-order valence-electron chi connectivity index (χ1n) is 3.03. The molecule has 2 heteroatoms. The van der Waals surface area contributed by atoms with Gasteiger partial charge in [-0.25, -0.2) is 0 Å². The van der Waals surface area contributed by atoms with Crippen LogP contribution in [0.25, 0.3) is 0 Å². The first-order valence-corrected chi connectivity index (χ1v) is 3.03. The summed E-state index contributed by atoms with van der Waals surface area (Å²) >= 11 is 0. The maximum atomic E-state index is 9.04. The predicted molar refractivity (Wildman–Crippen MR) is 37.1 cm³/mol. The third-order valence-electron chi connectivity index (χ3n) is 1.45. The Hall–Kier alpha value is -0.760. The van der Waals surface area contributed by atoms with Gasteiger partial charge in [-0.15, -0.1) is 0 Å². The summed E-state index contributed by atoms with van der Waals surface area (Å²) in [6, 6.07) is -0.173. The van der Waals surface area contributed by atoms with Crippen molar-refractivity contribution in [1.29, 1.82) is 0 Å². The van der Waals surface area contributed by atoms with Crippen molar-refractivity contribution >= 4 is 0 Å². The van der Waals surface area contributed by atoms with Crippen LogP contribution in [0.15, 0.2) is 23.5 Å². The minimum Gasteiger partial charge on any atom is -0.511 e. The summed E-state index contributed by atoms with van der Waals surface area (Å²) < 4.78 is 0. The third kappa shape index (κ3) is 1.33. The Bertz CT molecular complexity index is 170. The summed E-state index contributed by atoms with van der Waals surface area (Å²) in [6.45, 7) is 1.95. The van der Waals surface area contributed by atoms with Crippen LogP contribution in [-0.2, 0) is 0 Å². The van der Waals surface area contributed by atoms with Crippen LogP contribution in [0.5, 0.6) is 0 Å². The normalized spacial score (nSPS) is 27.1. The van der Waals surface area contributed by atoms with Gasteiger partial charge in [0, 0.05) is 0 Å². The fourth-order valence-corrected chi connectivity index (χ4v) is 0.833. The van der Waals surface area contributed by atoms with Crippen LogP contribution < -0.4 is 5.73 Å². The molecule has 0 saturated carbocycles. The van der Waals surface area contributed by atoms with Crippen LogP contribution in [0.4, 0.5) is 0 Å². The molecule has 1 aliphatic carbocycles. The molecule has 0 radical (unpaired) electrons. The molecule has 0 fully saturated rings. The number of rotatable bonds is 0. The molecule has 0 saturated heterocycles. The van der Waals surface area contributed by atoms with E-state index in [9.17, 15) is 0 Å². The summed E-state index contributed by atoms with van der Waals surface area (Å²) in [7, 11) is 0. The lowest BCUT2D eigenvalue weighted by Crippen LogP contribution is -2.23. The summed E-state index contributed by atoms with van der Waals surface area (Å²) in [6.07, 6.45) is 4.48. The van der Waals surface area contributed by atoms with Crippen molar-refractivity contribution < 1.29 is 5.11 Å². The van der Waals surface area contributed by atoms with E-state index in [-0.39, 0.29) is 6.04 Å². The van der Waals surface area contributed by atoms with Gasteiger partial charge < -0.3 is 10.8 Å². The molecular formula is C7H11NO. The van der Waals surface area contributed by atoms with Crippen molar-refractivity contribution in [2.24, 2.45) is 5.73 Å². The van der Waals surface area contributed by atoms with Crippen molar-refractivity contribution in [3.05, 3.63) is 23.5 Å². The number of hydrogen-bond acceptors (Lipinski definition) is 2. The Kier molecular flexibility index (Phi) is 1.58. The van der Waals surface area contributed by atoms with Gasteiger partial charge in [-0.3, -0.25) is 0 Å². The Morgan fingerprint density at radius 1 is 1.78 bits per heavy atom. The maximum absolute atomic E-state index is 9.04. The van der Waals surface area contributed by atoms with E-state index in [1.807, 2.05) is 13.0 Å². The van der Waals surface area contributed by atoms with E-state index in [2.05, 4.69) is 0 Å². The second kappa shape index (κ2) is 2.23. The molecular weight excluding hydrogens is 114 g/mol. The Morgan fingerprint density at radius 2 is 2.44 bits per heavy atom. The van der Waals surface area contributed by atoms with E-state index in [1.54, 1.807) is 6.08 Å². The Morgan fingerprint density at radius 3 is 2.89 bits per heavy atom. The molecule has 1 atom stereocenters. The highest BCUT2D eigenvalue weighted by Crippen LogP contribution is 2.12. The number of aliphatic hydroxyl groups excluding tert-OH is 1. The molecule has 9 heavy (non-hydrogen) atoms. The highest BCUT2D eigenvalue weighted by Gasteiger charge is 2.09. The molecule has 50 valence electrons. The lowest BCUT2D eigenvalue weighted by atomic mass is 10.0. The minimum absolute atomic E-state index is 0.173. The van der Waals surface area contributed by atoms with Crippen molar-refractivity contribution in [2.75, 3.05) is 0 Å². The molecule has 1 aliphatic rings. The van der Waals surface area contributed by atoms with Crippen molar-refractivity contribution in [1.82, 2.24) is 0 Å². The molecule has 0 spiro atoms. The number of allylic oxidation sites excluding steroid dienone is 2. The van der Waals surface area contributed by atoms with Crippen LogP contribution in [-0.4, -0.2) is 11.1 Å². The molecule has 1 unspecified atom stereocenters. The van der Waals surface area contributed by atoms with Gasteiger partial charge in [0.2, 0.25) is 0 Å². The van der Waals surface area contributed by atoms with Gasteiger partial charge in [0.25, 0.3) is 0 Å². The molecule has 0 aromatic heterocycles. The molecule has 0 heterocycles. The molecule has 1 rings (SSSR count). The Labute approximate surface area is 54.7 Å². The second-order valence-electron chi connectivity index (χ2n) is 2.36. The number of nitrogens with two attached hydrogens (primary N) is 1. The van der Waals surface area contributed by atoms with E-state index in [0.717, 1.165) is 12.0 Å². The van der Waals surface area contributed by atoms with Gasteiger partial charge in [0.15, 0.2) is 0 Å². The predicted octanol–water partition coefficient (Wildman–Crippen LogP) is 1.11. The molecule has 0 aromatic rings. The quantitative estimate of drug-likeness (QED) is 0.509. The smallest absolute Gasteiger partial charge is 0.109 e. The molecule has 0 amide bonds. The van der Waals surface area contributed by atoms with Gasteiger partial charge in [-0.05, 0) is 19.4 Å². The average molecular weight is 125 g/mol. The van der Waals surface area contributed by atoms with Crippen LogP contribution >= 0.6 is 0 Å². The summed E-state index contributed by atoms with van der Waals surface area (Å²) in [5.41, 5.74) is 6.57. The standard InChI is InChI=1S/C7H11NO/c1-5-2-3-6(8)7(9)4-5/h2,4,6,9H,3,8H2,1H3. The number of aliphatic hydroxyl groups is 1. The van der Waals surface area contributed by atoms with Crippen molar-refractivity contribution in [2.45, 2.75) is 19.4 Å². The van der Waals surface area contributed by atoms with Crippen LogP contribution in [0, 0.1) is 0 Å². The van der Waals surface area contributed by atoms with Crippen LogP contribution in [0.1, 0.15) is 13.3 Å². The monoisotopic (exact) mass is 125 g/mol.